The molecular formula is C17H20F2N2. The lowest BCUT2D eigenvalue weighted by Gasteiger charge is -2.35. The van der Waals surface area contributed by atoms with Crippen molar-refractivity contribution < 1.29 is 8.78 Å². The summed E-state index contributed by atoms with van der Waals surface area (Å²) in [7, 11) is 0. The predicted octanol–water partition coefficient (Wildman–Crippen LogP) is 3.36. The Morgan fingerprint density at radius 1 is 1.00 bits per heavy atom. The second kappa shape index (κ2) is 6.08. The zero-order valence-electron chi connectivity index (χ0n) is 12.2. The minimum Gasteiger partial charge on any atom is -0.314 e. The average Bonchev–Trinajstić information content (AvgIpc) is 2.51. The summed E-state index contributed by atoms with van der Waals surface area (Å²) in [6.45, 7) is 4.89. The summed E-state index contributed by atoms with van der Waals surface area (Å²) in [5.41, 5.74) is 1.87. The minimum atomic E-state index is -2.38. The van der Waals surface area contributed by atoms with Gasteiger partial charge in [0.05, 0.1) is 6.04 Å². The monoisotopic (exact) mass is 290 g/mol. The third-order valence-corrected chi connectivity index (χ3v) is 4.28. The lowest BCUT2D eigenvalue weighted by atomic mass is 9.95. The van der Waals surface area contributed by atoms with E-state index in [1.165, 1.54) is 0 Å². The van der Waals surface area contributed by atoms with Gasteiger partial charge in [0.1, 0.15) is 0 Å². The lowest BCUT2D eigenvalue weighted by molar-refractivity contribution is 0.0189. The summed E-state index contributed by atoms with van der Waals surface area (Å²) in [6, 6.07) is 10.8. The quantitative estimate of drug-likeness (QED) is 0.932. The van der Waals surface area contributed by atoms with Gasteiger partial charge in [-0.05, 0) is 28.8 Å². The van der Waals surface area contributed by atoms with E-state index in [1.807, 2.05) is 48.2 Å². The van der Waals surface area contributed by atoms with Crippen LogP contribution in [0.2, 0.25) is 0 Å². The van der Waals surface area contributed by atoms with E-state index in [9.17, 15) is 8.78 Å². The van der Waals surface area contributed by atoms with E-state index in [-0.39, 0.29) is 0 Å². The van der Waals surface area contributed by atoms with Crippen molar-refractivity contribution in [3.8, 4) is 0 Å². The van der Waals surface area contributed by atoms with Crippen molar-refractivity contribution in [2.75, 3.05) is 26.2 Å². The highest BCUT2D eigenvalue weighted by atomic mass is 19.3. The van der Waals surface area contributed by atoms with Gasteiger partial charge in [0.15, 0.2) is 0 Å². The lowest BCUT2D eigenvalue weighted by Crippen LogP contribution is -2.46. The third-order valence-electron chi connectivity index (χ3n) is 4.28. The molecule has 2 nitrogen and oxygen atoms in total. The Bertz CT molecular complexity index is 621. The van der Waals surface area contributed by atoms with E-state index in [4.69, 9.17) is 0 Å². The summed E-state index contributed by atoms with van der Waals surface area (Å²) in [4.78, 5) is 1.90. The number of rotatable bonds is 3. The highest BCUT2D eigenvalue weighted by Gasteiger charge is 2.31. The Balaban J connectivity index is 2.09. The predicted molar refractivity (Wildman–Crippen MR) is 81.9 cm³/mol. The van der Waals surface area contributed by atoms with Gasteiger partial charge in [-0.1, -0.05) is 36.4 Å². The maximum atomic E-state index is 13.7. The van der Waals surface area contributed by atoms with E-state index in [0.29, 0.717) is 13.1 Å². The molecular weight excluding hydrogens is 270 g/mol. The SMILES string of the molecule is Cc1ccc([C@H](C(F)F)N2CCNCC2)c2ccccc12. The van der Waals surface area contributed by atoms with Crippen molar-refractivity contribution in [2.45, 2.75) is 19.4 Å². The fraction of sp³-hybridized carbons (Fsp3) is 0.412. The van der Waals surface area contributed by atoms with E-state index in [0.717, 1.165) is 35.0 Å². The molecule has 1 N–H and O–H groups in total. The van der Waals surface area contributed by atoms with Gasteiger partial charge < -0.3 is 5.32 Å². The minimum absolute atomic E-state index is 0.664. The second-order valence-corrected chi connectivity index (χ2v) is 5.58. The molecule has 0 radical (unpaired) electrons. The van der Waals surface area contributed by atoms with Gasteiger partial charge in [-0.15, -0.1) is 0 Å². The molecule has 0 bridgehead atoms. The van der Waals surface area contributed by atoms with Crippen molar-refractivity contribution in [2.24, 2.45) is 0 Å². The van der Waals surface area contributed by atoms with Gasteiger partial charge in [-0.2, -0.15) is 0 Å². The van der Waals surface area contributed by atoms with Crippen LogP contribution in [0.1, 0.15) is 17.2 Å². The van der Waals surface area contributed by atoms with Crippen LogP contribution in [0.15, 0.2) is 36.4 Å². The molecule has 0 spiro atoms. The number of fused-ring (bicyclic) bond motifs is 1. The largest absolute Gasteiger partial charge is 0.314 e. The van der Waals surface area contributed by atoms with Crippen LogP contribution in [0.25, 0.3) is 10.8 Å². The van der Waals surface area contributed by atoms with Crippen molar-refractivity contribution in [3.05, 3.63) is 47.5 Å². The molecule has 0 saturated carbocycles. The molecule has 2 aromatic carbocycles. The van der Waals surface area contributed by atoms with Crippen LogP contribution < -0.4 is 5.32 Å². The van der Waals surface area contributed by atoms with Gasteiger partial charge in [-0.25, -0.2) is 8.78 Å². The number of benzene rings is 2. The number of nitrogens with one attached hydrogen (secondary N) is 1. The van der Waals surface area contributed by atoms with Gasteiger partial charge in [-0.3, -0.25) is 4.90 Å². The first-order valence-corrected chi connectivity index (χ1v) is 7.39. The Kier molecular flexibility index (Phi) is 4.17. The van der Waals surface area contributed by atoms with E-state index in [1.54, 1.807) is 0 Å². The zero-order chi connectivity index (χ0) is 14.8. The number of piperazine rings is 1. The number of aryl methyl sites for hydroxylation is 1. The first-order chi connectivity index (χ1) is 10.2. The van der Waals surface area contributed by atoms with E-state index in [2.05, 4.69) is 5.32 Å². The summed E-state index contributed by atoms with van der Waals surface area (Å²) in [5.74, 6) is 0. The van der Waals surface area contributed by atoms with Crippen LogP contribution >= 0.6 is 0 Å². The zero-order valence-corrected chi connectivity index (χ0v) is 12.2. The Hall–Kier alpha value is -1.52. The number of nitrogens with zero attached hydrogens (tertiary/aromatic N) is 1. The smallest absolute Gasteiger partial charge is 0.258 e. The topological polar surface area (TPSA) is 15.3 Å². The first-order valence-electron chi connectivity index (χ1n) is 7.39. The van der Waals surface area contributed by atoms with Crippen LogP contribution in [0.4, 0.5) is 8.78 Å². The fourth-order valence-corrected chi connectivity index (χ4v) is 3.18. The molecule has 1 aliphatic heterocycles. The van der Waals surface area contributed by atoms with Gasteiger partial charge in [0.25, 0.3) is 6.43 Å². The molecule has 0 aliphatic carbocycles. The van der Waals surface area contributed by atoms with Crippen molar-refractivity contribution in [1.29, 1.82) is 0 Å². The molecule has 1 fully saturated rings. The molecule has 1 heterocycles. The van der Waals surface area contributed by atoms with Gasteiger partial charge >= 0.3 is 0 Å². The highest BCUT2D eigenvalue weighted by molar-refractivity contribution is 5.89. The van der Waals surface area contributed by atoms with Crippen molar-refractivity contribution in [3.63, 3.8) is 0 Å². The average molecular weight is 290 g/mol. The summed E-state index contributed by atoms with van der Waals surface area (Å²) >= 11 is 0. The molecule has 0 unspecified atom stereocenters. The van der Waals surface area contributed by atoms with Crippen LogP contribution in [-0.2, 0) is 0 Å². The van der Waals surface area contributed by atoms with Crippen LogP contribution in [0.5, 0.6) is 0 Å². The Labute approximate surface area is 123 Å². The Morgan fingerprint density at radius 2 is 1.67 bits per heavy atom. The van der Waals surface area contributed by atoms with Crippen LogP contribution in [0, 0.1) is 6.92 Å². The van der Waals surface area contributed by atoms with E-state index >= 15 is 0 Å². The van der Waals surface area contributed by atoms with Crippen LogP contribution in [0.3, 0.4) is 0 Å². The molecule has 0 aromatic heterocycles. The summed E-state index contributed by atoms with van der Waals surface area (Å²) in [5, 5.41) is 5.23. The molecule has 4 heteroatoms. The molecule has 21 heavy (non-hydrogen) atoms. The highest BCUT2D eigenvalue weighted by Crippen LogP contribution is 2.34. The fourth-order valence-electron chi connectivity index (χ4n) is 3.18. The van der Waals surface area contributed by atoms with Crippen LogP contribution in [-0.4, -0.2) is 37.5 Å². The first kappa shape index (κ1) is 14.4. The molecule has 1 saturated heterocycles. The van der Waals surface area contributed by atoms with Crippen molar-refractivity contribution >= 4 is 10.8 Å². The van der Waals surface area contributed by atoms with E-state index < -0.39 is 12.5 Å². The Morgan fingerprint density at radius 3 is 2.33 bits per heavy atom. The summed E-state index contributed by atoms with van der Waals surface area (Å²) in [6.07, 6.45) is -2.38. The maximum Gasteiger partial charge on any atom is 0.258 e. The summed E-state index contributed by atoms with van der Waals surface area (Å²) < 4.78 is 27.5. The molecule has 2 aromatic rings. The maximum absolute atomic E-state index is 13.7. The number of halogens is 2. The molecule has 1 atom stereocenters. The third kappa shape index (κ3) is 2.78. The number of alkyl halides is 2. The van der Waals surface area contributed by atoms with Gasteiger partial charge in [0.2, 0.25) is 0 Å². The van der Waals surface area contributed by atoms with Crippen molar-refractivity contribution in [1.82, 2.24) is 10.2 Å². The normalized spacial score (nSPS) is 18.3. The molecule has 112 valence electrons. The second-order valence-electron chi connectivity index (χ2n) is 5.58. The standard InChI is InChI=1S/C17H20F2N2/c1-12-6-7-15(14-5-3-2-4-13(12)14)16(17(18)19)21-10-8-20-9-11-21/h2-7,16-17,20H,8-11H2,1H3/t16-/m1/s1. The van der Waals surface area contributed by atoms with Gasteiger partial charge in [0, 0.05) is 26.2 Å². The molecule has 3 rings (SSSR count). The molecule has 1 aliphatic rings. The number of hydrogen-bond acceptors (Lipinski definition) is 2. The number of hydrogen-bond donors (Lipinski definition) is 1. The molecule has 0 amide bonds.